The minimum Gasteiger partial charge on any atom is -0.506 e. The maximum atomic E-state index is 13.4. The summed E-state index contributed by atoms with van der Waals surface area (Å²) in [7, 11) is 0. The molecule has 2 aromatic rings. The molecule has 0 bridgehead atoms. The Labute approximate surface area is 98.1 Å². The van der Waals surface area contributed by atoms with Gasteiger partial charge in [-0.3, -0.25) is 0 Å². The van der Waals surface area contributed by atoms with Crippen LogP contribution in [0.1, 0.15) is 5.56 Å². The van der Waals surface area contributed by atoms with Crippen molar-refractivity contribution in [3.05, 3.63) is 52.8 Å². The Hall–Kier alpha value is -1.54. The maximum absolute atomic E-state index is 13.4. The number of hydrogen-bond acceptors (Lipinski definition) is 1. The van der Waals surface area contributed by atoms with E-state index in [4.69, 9.17) is 11.6 Å². The lowest BCUT2D eigenvalue weighted by molar-refractivity contribution is 0.475. The van der Waals surface area contributed by atoms with Crippen LogP contribution in [0, 0.1) is 12.7 Å². The van der Waals surface area contributed by atoms with E-state index < -0.39 is 0 Å². The van der Waals surface area contributed by atoms with E-state index >= 15 is 0 Å². The van der Waals surface area contributed by atoms with Crippen molar-refractivity contribution in [3.63, 3.8) is 0 Å². The molecule has 0 spiro atoms. The molecule has 0 saturated carbocycles. The fourth-order valence-electron chi connectivity index (χ4n) is 1.46. The van der Waals surface area contributed by atoms with E-state index in [-0.39, 0.29) is 16.6 Å². The molecule has 0 heterocycles. The van der Waals surface area contributed by atoms with Crippen LogP contribution in [0.25, 0.3) is 11.1 Å². The van der Waals surface area contributed by atoms with Crippen LogP contribution in [0.5, 0.6) is 5.75 Å². The van der Waals surface area contributed by atoms with E-state index in [9.17, 15) is 9.50 Å². The topological polar surface area (TPSA) is 20.2 Å². The zero-order valence-corrected chi connectivity index (χ0v) is 9.42. The molecule has 2 aromatic carbocycles. The molecule has 0 aliphatic heterocycles. The number of rotatable bonds is 1. The first kappa shape index (κ1) is 11.0. The first-order chi connectivity index (χ1) is 7.58. The number of halogens is 2. The van der Waals surface area contributed by atoms with Gasteiger partial charge in [0.2, 0.25) is 0 Å². The predicted octanol–water partition coefficient (Wildman–Crippen LogP) is 4.16. The Morgan fingerprint density at radius 2 is 1.69 bits per heavy atom. The monoisotopic (exact) mass is 236 g/mol. The van der Waals surface area contributed by atoms with Gasteiger partial charge in [-0.2, -0.15) is 0 Å². The third-order valence-corrected chi connectivity index (χ3v) is 2.76. The highest BCUT2D eigenvalue weighted by Gasteiger charge is 2.04. The summed E-state index contributed by atoms with van der Waals surface area (Å²) in [4.78, 5) is 0. The molecule has 0 saturated heterocycles. The minimum absolute atomic E-state index is 0.0259. The normalized spacial score (nSPS) is 10.4. The van der Waals surface area contributed by atoms with Gasteiger partial charge >= 0.3 is 0 Å². The predicted molar refractivity (Wildman–Crippen MR) is 63.2 cm³/mol. The second-order valence-corrected chi connectivity index (χ2v) is 4.04. The summed E-state index contributed by atoms with van der Waals surface area (Å²) in [5.74, 6) is -0.223. The van der Waals surface area contributed by atoms with Crippen molar-refractivity contribution in [2.75, 3.05) is 0 Å². The van der Waals surface area contributed by atoms with E-state index in [0.717, 1.165) is 11.1 Å². The molecule has 3 heteroatoms. The molecule has 0 amide bonds. The zero-order chi connectivity index (χ0) is 11.7. The molecule has 0 aromatic heterocycles. The fraction of sp³-hybridized carbons (Fsp3) is 0.0769. The molecule has 0 unspecified atom stereocenters. The van der Waals surface area contributed by atoms with Crippen LogP contribution >= 0.6 is 11.6 Å². The third-order valence-electron chi connectivity index (χ3n) is 2.45. The molecule has 1 N–H and O–H groups in total. The van der Waals surface area contributed by atoms with Gasteiger partial charge in [0, 0.05) is 0 Å². The molecule has 0 aliphatic rings. The van der Waals surface area contributed by atoms with Crippen LogP contribution in [-0.2, 0) is 0 Å². The lowest BCUT2D eigenvalue weighted by Crippen LogP contribution is -1.84. The lowest BCUT2D eigenvalue weighted by atomic mass is 10.0. The summed E-state index contributed by atoms with van der Waals surface area (Å²) in [5.41, 5.74) is 2.13. The van der Waals surface area contributed by atoms with Crippen molar-refractivity contribution in [1.82, 2.24) is 0 Å². The van der Waals surface area contributed by atoms with E-state index in [1.807, 2.05) is 6.07 Å². The minimum atomic E-state index is -0.248. The average Bonchev–Trinajstić information content (AvgIpc) is 2.26. The molecule has 16 heavy (non-hydrogen) atoms. The summed E-state index contributed by atoms with van der Waals surface area (Å²) in [6, 6.07) is 9.80. The van der Waals surface area contributed by atoms with Crippen molar-refractivity contribution >= 4 is 11.6 Å². The Balaban J connectivity index is 2.50. The van der Waals surface area contributed by atoms with Crippen LogP contribution < -0.4 is 0 Å². The number of phenolic OH excluding ortho intramolecular Hbond substituents is 1. The van der Waals surface area contributed by atoms with Gasteiger partial charge in [0.25, 0.3) is 0 Å². The van der Waals surface area contributed by atoms with Gasteiger partial charge in [-0.15, -0.1) is 0 Å². The molecule has 0 radical (unpaired) electrons. The first-order valence-corrected chi connectivity index (χ1v) is 5.21. The van der Waals surface area contributed by atoms with Crippen molar-refractivity contribution in [1.29, 1.82) is 0 Å². The van der Waals surface area contributed by atoms with Gasteiger partial charge in [0.15, 0.2) is 0 Å². The first-order valence-electron chi connectivity index (χ1n) is 4.83. The molecular formula is C13H10ClFO. The van der Waals surface area contributed by atoms with Crippen LogP contribution in [-0.4, -0.2) is 5.11 Å². The SMILES string of the molecule is Cc1ccc(-c2ccc(O)c(Cl)c2)cc1F. The standard InChI is InChI=1S/C13H10ClFO/c1-8-2-3-10(7-12(8)15)9-4-5-13(16)11(14)6-9/h2-7,16H,1H3. The fourth-order valence-corrected chi connectivity index (χ4v) is 1.64. The Morgan fingerprint density at radius 3 is 2.31 bits per heavy atom. The summed E-state index contributed by atoms with van der Waals surface area (Å²) in [6.07, 6.45) is 0. The summed E-state index contributed by atoms with van der Waals surface area (Å²) >= 11 is 5.79. The Morgan fingerprint density at radius 1 is 1.06 bits per heavy atom. The van der Waals surface area contributed by atoms with Crippen molar-refractivity contribution in [2.45, 2.75) is 6.92 Å². The van der Waals surface area contributed by atoms with E-state index in [1.54, 1.807) is 25.1 Å². The van der Waals surface area contributed by atoms with Gasteiger partial charge in [0.1, 0.15) is 11.6 Å². The Kier molecular flexibility index (Phi) is 2.84. The van der Waals surface area contributed by atoms with Crippen molar-refractivity contribution in [3.8, 4) is 16.9 Å². The maximum Gasteiger partial charge on any atom is 0.134 e. The van der Waals surface area contributed by atoms with Gasteiger partial charge in [-0.1, -0.05) is 29.8 Å². The van der Waals surface area contributed by atoms with Gasteiger partial charge in [-0.05, 0) is 41.8 Å². The van der Waals surface area contributed by atoms with Crippen LogP contribution in [0.3, 0.4) is 0 Å². The van der Waals surface area contributed by atoms with E-state index in [0.29, 0.717) is 5.56 Å². The molecular weight excluding hydrogens is 227 g/mol. The molecule has 1 nitrogen and oxygen atoms in total. The summed E-state index contributed by atoms with van der Waals surface area (Å²) in [6.45, 7) is 1.71. The van der Waals surface area contributed by atoms with Crippen LogP contribution in [0.2, 0.25) is 5.02 Å². The third kappa shape index (κ3) is 2.02. The van der Waals surface area contributed by atoms with Gasteiger partial charge in [0.05, 0.1) is 5.02 Å². The number of aryl methyl sites for hydroxylation is 1. The molecule has 0 aliphatic carbocycles. The van der Waals surface area contributed by atoms with Crippen molar-refractivity contribution < 1.29 is 9.50 Å². The lowest BCUT2D eigenvalue weighted by Gasteiger charge is -2.05. The molecule has 82 valence electrons. The summed E-state index contributed by atoms with van der Waals surface area (Å²) < 4.78 is 13.4. The van der Waals surface area contributed by atoms with E-state index in [1.165, 1.54) is 12.1 Å². The van der Waals surface area contributed by atoms with Gasteiger partial charge in [-0.25, -0.2) is 4.39 Å². The smallest absolute Gasteiger partial charge is 0.134 e. The average molecular weight is 237 g/mol. The quantitative estimate of drug-likeness (QED) is 0.788. The zero-order valence-electron chi connectivity index (χ0n) is 8.67. The number of aromatic hydroxyl groups is 1. The molecule has 0 fully saturated rings. The number of phenols is 1. The highest BCUT2D eigenvalue weighted by molar-refractivity contribution is 6.32. The highest BCUT2D eigenvalue weighted by atomic mass is 35.5. The molecule has 0 atom stereocenters. The Bertz CT molecular complexity index is 488. The van der Waals surface area contributed by atoms with E-state index in [2.05, 4.69) is 0 Å². The largest absolute Gasteiger partial charge is 0.506 e. The van der Waals surface area contributed by atoms with Crippen LogP contribution in [0.4, 0.5) is 4.39 Å². The number of benzene rings is 2. The number of hydrogen-bond donors (Lipinski definition) is 1. The second kappa shape index (κ2) is 4.14. The second-order valence-electron chi connectivity index (χ2n) is 3.63. The summed E-state index contributed by atoms with van der Waals surface area (Å²) in [5, 5.41) is 9.55. The molecule has 2 rings (SSSR count). The van der Waals surface area contributed by atoms with Gasteiger partial charge < -0.3 is 5.11 Å². The van der Waals surface area contributed by atoms with Crippen LogP contribution in [0.15, 0.2) is 36.4 Å². The van der Waals surface area contributed by atoms with Crippen molar-refractivity contribution in [2.24, 2.45) is 0 Å². The highest BCUT2D eigenvalue weighted by Crippen LogP contribution is 2.29.